The average Bonchev–Trinajstić information content (AvgIpc) is 3.82. The van der Waals surface area contributed by atoms with Crippen LogP contribution >= 0.6 is 0 Å². The number of imide groups is 2. The van der Waals surface area contributed by atoms with Gasteiger partial charge in [-0.15, -0.1) is 0 Å². The van der Waals surface area contributed by atoms with Crippen LogP contribution in [0.5, 0.6) is 0 Å². The Bertz CT molecular complexity index is 2910. The van der Waals surface area contributed by atoms with Gasteiger partial charge in [-0.2, -0.15) is 0 Å². The summed E-state index contributed by atoms with van der Waals surface area (Å²) in [5, 5.41) is 4.48. The Balaban J connectivity index is 1.03. The van der Waals surface area contributed by atoms with Crippen LogP contribution in [0.25, 0.3) is 66.1 Å². The first kappa shape index (κ1) is 37.5. The van der Waals surface area contributed by atoms with Crippen molar-refractivity contribution in [3.05, 3.63) is 133 Å². The van der Waals surface area contributed by atoms with E-state index < -0.39 is 21.7 Å². The Labute approximate surface area is 348 Å². The summed E-state index contributed by atoms with van der Waals surface area (Å²) < 4.78 is 4.47. The number of hydrogen-bond acceptors (Lipinski definition) is 4. The first-order valence-corrected chi connectivity index (χ1v) is 20.5. The molecule has 6 aromatic carbocycles. The maximum atomic E-state index is 13.5. The molecule has 0 spiro atoms. The van der Waals surface area contributed by atoms with Gasteiger partial charge in [0.2, 0.25) is 23.6 Å². The summed E-state index contributed by atoms with van der Waals surface area (Å²) in [4.78, 5) is 56.5. The Morgan fingerprint density at radius 1 is 0.317 bits per heavy atom. The minimum Gasteiger partial charge on any atom is -0.309 e. The molecule has 0 saturated carbocycles. The number of amides is 4. The Morgan fingerprint density at radius 3 is 0.933 bits per heavy atom. The van der Waals surface area contributed by atoms with E-state index in [1.807, 2.05) is 116 Å². The van der Waals surface area contributed by atoms with Gasteiger partial charge in [-0.05, 0) is 151 Å². The second kappa shape index (κ2) is 12.4. The smallest absolute Gasteiger partial charge is 0.240 e. The van der Waals surface area contributed by atoms with Gasteiger partial charge in [0.15, 0.2) is 0 Å². The average molecular weight is 791 g/mol. The number of carbonyl (C=O) groups is 4. The van der Waals surface area contributed by atoms with Crippen molar-refractivity contribution in [3.63, 3.8) is 0 Å². The lowest BCUT2D eigenvalue weighted by Crippen LogP contribution is -2.35. The number of fused-ring (bicyclic) bond motifs is 6. The highest BCUT2D eigenvalue weighted by Gasteiger charge is 2.60. The fourth-order valence-corrected chi connectivity index (χ4v) is 9.20. The first-order chi connectivity index (χ1) is 28.5. The maximum Gasteiger partial charge on any atom is 0.240 e. The van der Waals surface area contributed by atoms with E-state index in [0.717, 1.165) is 66.1 Å². The molecular formula is C52H46N4O4. The van der Waals surface area contributed by atoms with Gasteiger partial charge < -0.3 is 9.13 Å². The zero-order valence-electron chi connectivity index (χ0n) is 35.1. The van der Waals surface area contributed by atoms with Crippen molar-refractivity contribution in [3.8, 4) is 22.5 Å². The Morgan fingerprint density at radius 2 is 0.600 bits per heavy atom. The van der Waals surface area contributed by atoms with Gasteiger partial charge in [-0.3, -0.25) is 19.2 Å². The van der Waals surface area contributed by atoms with Crippen molar-refractivity contribution in [1.29, 1.82) is 0 Å². The number of para-hydroxylation sites is 2. The molecule has 2 aromatic heterocycles. The van der Waals surface area contributed by atoms with Crippen LogP contribution in [0.1, 0.15) is 55.4 Å². The number of nitrogens with zero attached hydrogens (tertiary/aromatic N) is 4. The van der Waals surface area contributed by atoms with Crippen LogP contribution in [0, 0.1) is 21.7 Å². The van der Waals surface area contributed by atoms with Crippen molar-refractivity contribution in [2.24, 2.45) is 21.7 Å². The quantitative estimate of drug-likeness (QED) is 0.163. The number of rotatable bonds is 5. The molecule has 2 saturated heterocycles. The Kier molecular flexibility index (Phi) is 7.72. The second-order valence-electron chi connectivity index (χ2n) is 18.6. The van der Waals surface area contributed by atoms with E-state index in [-0.39, 0.29) is 23.6 Å². The summed E-state index contributed by atoms with van der Waals surface area (Å²) in [6.07, 6.45) is 0. The van der Waals surface area contributed by atoms with Crippen LogP contribution in [-0.2, 0) is 19.2 Å². The molecule has 0 aliphatic carbocycles. The van der Waals surface area contributed by atoms with Crippen LogP contribution < -0.4 is 9.80 Å². The fourth-order valence-electron chi connectivity index (χ4n) is 9.20. The number of carbonyl (C=O) groups excluding carboxylic acids is 4. The molecule has 8 nitrogen and oxygen atoms in total. The highest BCUT2D eigenvalue weighted by Crippen LogP contribution is 2.50. The first-order valence-electron chi connectivity index (χ1n) is 20.5. The van der Waals surface area contributed by atoms with Crippen molar-refractivity contribution in [1.82, 2.24) is 9.13 Å². The molecule has 0 bridgehead atoms. The van der Waals surface area contributed by atoms with E-state index in [1.165, 1.54) is 9.80 Å². The highest BCUT2D eigenvalue weighted by atomic mass is 16.2. The van der Waals surface area contributed by atoms with E-state index in [1.54, 1.807) is 0 Å². The third-order valence-corrected chi connectivity index (χ3v) is 14.5. The molecule has 2 aliphatic rings. The van der Waals surface area contributed by atoms with Gasteiger partial charge in [0, 0.05) is 32.9 Å². The normalized spacial score (nSPS) is 18.3. The highest BCUT2D eigenvalue weighted by molar-refractivity contribution is 6.26. The molecule has 8 heteroatoms. The largest absolute Gasteiger partial charge is 0.309 e. The number of benzene rings is 6. The third-order valence-electron chi connectivity index (χ3n) is 14.5. The predicted molar refractivity (Wildman–Crippen MR) is 241 cm³/mol. The lowest BCUT2D eigenvalue weighted by molar-refractivity contribution is -0.129. The summed E-state index contributed by atoms with van der Waals surface area (Å²) in [6.45, 7) is 14.8. The molecule has 8 aromatic rings. The van der Waals surface area contributed by atoms with Crippen molar-refractivity contribution in [2.45, 2.75) is 55.4 Å². The molecule has 298 valence electrons. The lowest BCUT2D eigenvalue weighted by atomic mass is 9.70. The molecule has 60 heavy (non-hydrogen) atoms. The molecule has 2 fully saturated rings. The van der Waals surface area contributed by atoms with Crippen LogP contribution in [0.15, 0.2) is 133 Å². The summed E-state index contributed by atoms with van der Waals surface area (Å²) in [5.74, 6) is -0.741. The molecule has 10 rings (SSSR count). The summed E-state index contributed by atoms with van der Waals surface area (Å²) >= 11 is 0. The van der Waals surface area contributed by atoms with Crippen LogP contribution in [0.4, 0.5) is 11.4 Å². The minimum absolute atomic E-state index is 0.185. The molecule has 4 amide bonds. The molecule has 0 atom stereocenters. The fraction of sp³-hybridized carbons (Fsp3) is 0.231. The van der Waals surface area contributed by atoms with Gasteiger partial charge in [0.05, 0.1) is 55.1 Å². The molecule has 0 N–H and O–H groups in total. The third kappa shape index (κ3) is 4.84. The minimum atomic E-state index is -0.808. The van der Waals surface area contributed by atoms with Gasteiger partial charge in [0.1, 0.15) is 0 Å². The van der Waals surface area contributed by atoms with Gasteiger partial charge in [-0.1, -0.05) is 48.5 Å². The van der Waals surface area contributed by atoms with E-state index >= 15 is 0 Å². The van der Waals surface area contributed by atoms with E-state index in [0.29, 0.717) is 11.4 Å². The maximum absolute atomic E-state index is 13.5. The number of aromatic nitrogens is 2. The zero-order valence-corrected chi connectivity index (χ0v) is 35.1. The van der Waals surface area contributed by atoms with Gasteiger partial charge >= 0.3 is 0 Å². The standard InChI is InChI=1S/C52H46N4O4/c1-49(2)45(57)55(46(58)50(49,3)4)35-23-19-33(20-24-35)53-41-15-11-9-13-37(41)39-29-31(17-27-43(39)53)32-18-28-44-40(30-32)38-14-10-12-16-42(38)54(44)34-21-25-36(26-22-34)56-47(59)51(5,6)52(7,8)48(56)60/h9-30H,1-8H3. The second-order valence-corrected chi connectivity index (χ2v) is 18.6. The van der Waals surface area contributed by atoms with E-state index in [4.69, 9.17) is 0 Å². The zero-order chi connectivity index (χ0) is 42.3. The molecule has 2 aliphatic heterocycles. The van der Waals surface area contributed by atoms with E-state index in [9.17, 15) is 19.2 Å². The SMILES string of the molecule is CC1(C)C(=O)N(c2ccc(-n3c4ccccc4c4cc(-c5ccc6c(c5)c5ccccc5n6-c5ccc(N6C(=O)C(C)(C)C(C)(C)C6=O)cc5)ccc43)cc2)C(=O)C1(C)C. The summed E-state index contributed by atoms with van der Waals surface area (Å²) in [6, 6.07) is 45.4. The van der Waals surface area contributed by atoms with Crippen molar-refractivity contribution >= 4 is 78.6 Å². The molecule has 0 unspecified atom stereocenters. The van der Waals surface area contributed by atoms with E-state index in [2.05, 4.69) is 81.9 Å². The van der Waals surface area contributed by atoms with Crippen molar-refractivity contribution in [2.75, 3.05) is 9.80 Å². The molecular weight excluding hydrogens is 745 g/mol. The summed E-state index contributed by atoms with van der Waals surface area (Å²) in [7, 11) is 0. The van der Waals surface area contributed by atoms with Crippen LogP contribution in [-0.4, -0.2) is 32.8 Å². The number of anilines is 2. The predicted octanol–water partition coefficient (Wildman–Crippen LogP) is 11.4. The number of hydrogen-bond donors (Lipinski definition) is 0. The molecule has 4 heterocycles. The lowest BCUT2D eigenvalue weighted by Gasteiger charge is -2.28. The van der Waals surface area contributed by atoms with Gasteiger partial charge in [-0.25, -0.2) is 9.80 Å². The van der Waals surface area contributed by atoms with Crippen LogP contribution in [0.2, 0.25) is 0 Å². The Hall–Kier alpha value is -6.80. The van der Waals surface area contributed by atoms with Gasteiger partial charge in [0.25, 0.3) is 0 Å². The molecule has 0 radical (unpaired) electrons. The van der Waals surface area contributed by atoms with Crippen molar-refractivity contribution < 1.29 is 19.2 Å². The monoisotopic (exact) mass is 790 g/mol. The summed E-state index contributed by atoms with van der Waals surface area (Å²) in [5.41, 5.74) is 6.18. The van der Waals surface area contributed by atoms with Crippen LogP contribution in [0.3, 0.4) is 0 Å². The topological polar surface area (TPSA) is 84.6 Å².